The van der Waals surface area contributed by atoms with Crippen molar-refractivity contribution in [3.05, 3.63) is 11.6 Å². The van der Waals surface area contributed by atoms with Crippen molar-refractivity contribution in [3.8, 4) is 0 Å². The van der Waals surface area contributed by atoms with Gasteiger partial charge in [0.15, 0.2) is 0 Å². The summed E-state index contributed by atoms with van der Waals surface area (Å²) in [4.78, 5) is 11.9. The first-order valence-electron chi connectivity index (χ1n) is 14.5. The third-order valence-electron chi connectivity index (χ3n) is 13.3. The Morgan fingerprint density at radius 3 is 2.21 bits per heavy atom. The highest BCUT2D eigenvalue weighted by molar-refractivity contribution is 5.66. The van der Waals surface area contributed by atoms with Crippen LogP contribution in [0.15, 0.2) is 11.6 Å². The Labute approximate surface area is 210 Å². The summed E-state index contributed by atoms with van der Waals surface area (Å²) in [6.07, 6.45) is 15.9. The molecular weight excluding hydrogens is 416 g/mol. The number of rotatable bonds is 1. The zero-order chi connectivity index (χ0) is 24.9. The molecule has 0 saturated heterocycles. The second-order valence-corrected chi connectivity index (χ2v) is 15.8. The van der Waals surface area contributed by atoms with Gasteiger partial charge in [0.2, 0.25) is 0 Å². The minimum atomic E-state index is -0.115. The monoisotopic (exact) mass is 468 g/mol. The highest BCUT2D eigenvalue weighted by Gasteiger charge is 2.67. The lowest BCUT2D eigenvalue weighted by Gasteiger charge is -2.71. The van der Waals surface area contributed by atoms with Gasteiger partial charge < -0.3 is 4.74 Å². The first kappa shape index (κ1) is 24.9. The predicted molar refractivity (Wildman–Crippen MR) is 140 cm³/mol. The minimum absolute atomic E-state index is 0.0287. The van der Waals surface area contributed by atoms with Gasteiger partial charge in [0, 0.05) is 12.3 Å². The quantitative estimate of drug-likeness (QED) is 0.284. The summed E-state index contributed by atoms with van der Waals surface area (Å²) < 4.78 is 5.89. The third kappa shape index (κ3) is 3.21. The van der Waals surface area contributed by atoms with E-state index in [1.54, 1.807) is 6.92 Å². The summed E-state index contributed by atoms with van der Waals surface area (Å²) in [6.45, 7) is 22.1. The molecular formula is C32H52O2. The summed E-state index contributed by atoms with van der Waals surface area (Å²) in [5, 5.41) is 0. The zero-order valence-corrected chi connectivity index (χ0v) is 23.8. The summed E-state index contributed by atoms with van der Waals surface area (Å²) >= 11 is 0. The van der Waals surface area contributed by atoms with Gasteiger partial charge in [-0.15, -0.1) is 0 Å². The fourth-order valence-electron chi connectivity index (χ4n) is 10.9. The predicted octanol–water partition coefficient (Wildman–Crippen LogP) is 8.74. The van der Waals surface area contributed by atoms with Crippen molar-refractivity contribution in [2.75, 3.05) is 0 Å². The lowest BCUT2D eigenvalue weighted by atomic mass is 9.34. The van der Waals surface area contributed by atoms with Crippen molar-refractivity contribution in [2.24, 2.45) is 50.2 Å². The number of hydrogen-bond acceptors (Lipinski definition) is 2. The van der Waals surface area contributed by atoms with Crippen LogP contribution in [-0.2, 0) is 9.53 Å². The number of fused-ring (bicyclic) bond motifs is 7. The lowest BCUT2D eigenvalue weighted by Crippen LogP contribution is -2.63. The fourth-order valence-corrected chi connectivity index (χ4v) is 10.9. The Morgan fingerprint density at radius 1 is 0.853 bits per heavy atom. The molecule has 5 aliphatic rings. The largest absolute Gasteiger partial charge is 0.462 e. The van der Waals surface area contributed by atoms with E-state index in [1.165, 1.54) is 51.4 Å². The molecule has 0 spiro atoms. The molecule has 0 aromatic carbocycles. The summed E-state index contributed by atoms with van der Waals surface area (Å²) in [5.41, 5.74) is 3.95. The number of carbonyl (C=O) groups excluding carboxylic acids is 1. The second-order valence-electron chi connectivity index (χ2n) is 15.8. The van der Waals surface area contributed by atoms with Crippen LogP contribution < -0.4 is 0 Å². The summed E-state index contributed by atoms with van der Waals surface area (Å²) in [7, 11) is 0. The molecule has 5 rings (SSSR count). The van der Waals surface area contributed by atoms with Crippen molar-refractivity contribution >= 4 is 5.97 Å². The van der Waals surface area contributed by atoms with Crippen LogP contribution >= 0.6 is 0 Å². The molecule has 0 heterocycles. The molecule has 0 bridgehead atoms. The van der Waals surface area contributed by atoms with E-state index in [0.29, 0.717) is 38.9 Å². The van der Waals surface area contributed by atoms with Crippen molar-refractivity contribution in [1.29, 1.82) is 0 Å². The molecule has 2 nitrogen and oxygen atoms in total. The molecule has 0 aromatic rings. The van der Waals surface area contributed by atoms with Gasteiger partial charge in [-0.05, 0) is 109 Å². The maximum absolute atomic E-state index is 11.9. The summed E-state index contributed by atoms with van der Waals surface area (Å²) in [5.74, 6) is 2.01. The number of hydrogen-bond donors (Lipinski definition) is 0. The number of allylic oxidation sites excluding steroid dienone is 2. The number of esters is 1. The van der Waals surface area contributed by atoms with Crippen LogP contribution in [0, 0.1) is 50.2 Å². The van der Waals surface area contributed by atoms with Gasteiger partial charge in [0.05, 0.1) is 0 Å². The number of carbonyl (C=O) groups is 1. The van der Waals surface area contributed by atoms with E-state index in [9.17, 15) is 4.79 Å². The standard InChI is InChI=1S/C32H52O2/c1-21(33)34-26-13-14-30(7)22-12-15-32(9)25-20-27(2,3)16-17-29(25,6)18-19-31(32,8)23(22)10-11-24(30)28(26,4)5/h10,22,24-26H,11-20H2,1-9H3/t22?,24-,25?,26-,29+,30+,31+,32-/m0/s1. The van der Waals surface area contributed by atoms with E-state index in [4.69, 9.17) is 4.74 Å². The first-order chi connectivity index (χ1) is 15.6. The SMILES string of the molecule is CC(=O)O[C@H]1CC[C@]2(C)C3CC[C@@]4(C)C5CC(C)(C)CC[C@]5(C)CC[C@]4(C)C3=CC[C@H]2C1(C)C. The molecule has 5 aliphatic carbocycles. The Bertz CT molecular complexity index is 897. The van der Waals surface area contributed by atoms with Gasteiger partial charge in [0.1, 0.15) is 6.10 Å². The smallest absolute Gasteiger partial charge is 0.302 e. The third-order valence-corrected chi connectivity index (χ3v) is 13.3. The van der Waals surface area contributed by atoms with E-state index >= 15 is 0 Å². The second kappa shape index (κ2) is 7.38. The Kier molecular flexibility index (Phi) is 5.40. The van der Waals surface area contributed by atoms with Crippen molar-refractivity contribution in [3.63, 3.8) is 0 Å². The van der Waals surface area contributed by atoms with Crippen molar-refractivity contribution in [1.82, 2.24) is 0 Å². The molecule has 34 heavy (non-hydrogen) atoms. The van der Waals surface area contributed by atoms with Crippen LogP contribution in [0.25, 0.3) is 0 Å². The van der Waals surface area contributed by atoms with Gasteiger partial charge >= 0.3 is 5.97 Å². The molecule has 2 unspecified atom stereocenters. The summed E-state index contributed by atoms with van der Waals surface area (Å²) in [6, 6.07) is 0. The van der Waals surface area contributed by atoms with Crippen LogP contribution in [0.1, 0.15) is 127 Å². The highest BCUT2D eigenvalue weighted by atomic mass is 16.5. The van der Waals surface area contributed by atoms with Gasteiger partial charge in [-0.3, -0.25) is 4.79 Å². The Hall–Kier alpha value is -0.790. The van der Waals surface area contributed by atoms with Gasteiger partial charge in [-0.1, -0.05) is 67.0 Å². The molecule has 0 radical (unpaired) electrons. The molecule has 0 aromatic heterocycles. The van der Waals surface area contributed by atoms with Gasteiger partial charge in [-0.25, -0.2) is 0 Å². The normalized spacial score (nSPS) is 51.1. The van der Waals surface area contributed by atoms with E-state index in [2.05, 4.69) is 61.5 Å². The molecule has 0 aliphatic heterocycles. The van der Waals surface area contributed by atoms with Crippen molar-refractivity contribution in [2.45, 2.75) is 133 Å². The first-order valence-corrected chi connectivity index (χ1v) is 14.5. The molecule has 4 saturated carbocycles. The maximum Gasteiger partial charge on any atom is 0.302 e. The van der Waals surface area contributed by atoms with Gasteiger partial charge in [-0.2, -0.15) is 0 Å². The average molecular weight is 469 g/mol. The Morgan fingerprint density at radius 2 is 1.53 bits per heavy atom. The molecule has 0 N–H and O–H groups in total. The average Bonchev–Trinajstić information content (AvgIpc) is 2.73. The molecule has 192 valence electrons. The zero-order valence-electron chi connectivity index (χ0n) is 23.8. The Balaban J connectivity index is 1.52. The van der Waals surface area contributed by atoms with Crippen LogP contribution in [0.5, 0.6) is 0 Å². The molecule has 0 amide bonds. The van der Waals surface area contributed by atoms with Crippen LogP contribution in [-0.4, -0.2) is 12.1 Å². The maximum atomic E-state index is 11.9. The van der Waals surface area contributed by atoms with Crippen LogP contribution in [0.3, 0.4) is 0 Å². The van der Waals surface area contributed by atoms with E-state index in [0.717, 1.165) is 18.8 Å². The van der Waals surface area contributed by atoms with E-state index < -0.39 is 0 Å². The van der Waals surface area contributed by atoms with Crippen molar-refractivity contribution < 1.29 is 9.53 Å². The van der Waals surface area contributed by atoms with E-state index in [-0.39, 0.29) is 17.5 Å². The van der Waals surface area contributed by atoms with Gasteiger partial charge in [0.25, 0.3) is 0 Å². The topological polar surface area (TPSA) is 26.3 Å². The van der Waals surface area contributed by atoms with E-state index in [1.807, 2.05) is 5.57 Å². The molecule has 4 fully saturated rings. The molecule has 2 heteroatoms. The van der Waals surface area contributed by atoms with Crippen LogP contribution in [0.2, 0.25) is 0 Å². The lowest BCUT2D eigenvalue weighted by molar-refractivity contribution is -0.187. The number of ether oxygens (including phenoxy) is 1. The fraction of sp³-hybridized carbons (Fsp3) is 0.906. The highest BCUT2D eigenvalue weighted by Crippen LogP contribution is 2.75. The minimum Gasteiger partial charge on any atom is -0.462 e. The van der Waals surface area contributed by atoms with Crippen LogP contribution in [0.4, 0.5) is 0 Å². The molecule has 8 atom stereocenters.